The Bertz CT molecular complexity index is 839. The first-order chi connectivity index (χ1) is 18.3. The van der Waals surface area contributed by atoms with Crippen LogP contribution < -0.4 is 0 Å². The highest BCUT2D eigenvalue weighted by atomic mass is 16.5. The Labute approximate surface area is 229 Å². The zero-order valence-corrected chi connectivity index (χ0v) is 24.1. The average Bonchev–Trinajstić information content (AvgIpc) is 2.94. The minimum Gasteiger partial charge on any atom is -0.377 e. The van der Waals surface area contributed by atoms with Crippen LogP contribution in [-0.4, -0.2) is 6.61 Å². The summed E-state index contributed by atoms with van der Waals surface area (Å²) in [5, 5.41) is 0. The minimum absolute atomic E-state index is 0.748. The summed E-state index contributed by atoms with van der Waals surface area (Å²) in [7, 11) is 0. The molecule has 1 heteroatoms. The molecule has 1 aliphatic carbocycles. The molecule has 3 rings (SSSR count). The monoisotopic (exact) mass is 502 g/mol. The third-order valence-corrected chi connectivity index (χ3v) is 8.25. The van der Waals surface area contributed by atoms with Gasteiger partial charge in [0.25, 0.3) is 0 Å². The van der Waals surface area contributed by atoms with E-state index in [1.165, 1.54) is 125 Å². The largest absolute Gasteiger partial charge is 0.377 e. The van der Waals surface area contributed by atoms with Gasteiger partial charge in [0, 0.05) is 6.61 Å². The fourth-order valence-electron chi connectivity index (χ4n) is 5.74. The predicted molar refractivity (Wildman–Crippen MR) is 161 cm³/mol. The van der Waals surface area contributed by atoms with Gasteiger partial charge in [-0.1, -0.05) is 100 Å². The van der Waals surface area contributed by atoms with Crippen molar-refractivity contribution in [3.63, 3.8) is 0 Å². The van der Waals surface area contributed by atoms with Gasteiger partial charge in [-0.05, 0) is 111 Å². The molecule has 0 radical (unpaired) electrons. The molecule has 1 fully saturated rings. The Morgan fingerprint density at radius 2 is 1.19 bits per heavy atom. The van der Waals surface area contributed by atoms with E-state index < -0.39 is 0 Å². The van der Waals surface area contributed by atoms with Crippen molar-refractivity contribution in [3.8, 4) is 0 Å². The lowest BCUT2D eigenvalue weighted by Crippen LogP contribution is -2.13. The van der Waals surface area contributed by atoms with Gasteiger partial charge in [-0.25, -0.2) is 0 Å². The molecule has 0 heterocycles. The predicted octanol–water partition coefficient (Wildman–Crippen LogP) is 10.4. The molecule has 1 nitrogen and oxygen atoms in total. The van der Waals surface area contributed by atoms with Crippen LogP contribution in [0.1, 0.15) is 120 Å². The summed E-state index contributed by atoms with van der Waals surface area (Å²) < 4.78 is 5.78. The maximum Gasteiger partial charge on any atom is 0.0716 e. The Morgan fingerprint density at radius 3 is 1.73 bits per heavy atom. The molecule has 0 aromatic heterocycles. The summed E-state index contributed by atoms with van der Waals surface area (Å²) in [6.45, 7) is 6.10. The van der Waals surface area contributed by atoms with Crippen molar-refractivity contribution in [2.45, 2.75) is 123 Å². The lowest BCUT2D eigenvalue weighted by atomic mass is 9.79. The molecule has 0 spiro atoms. The smallest absolute Gasteiger partial charge is 0.0716 e. The van der Waals surface area contributed by atoms with E-state index >= 15 is 0 Å². The van der Waals surface area contributed by atoms with E-state index in [1.807, 2.05) is 0 Å². The maximum absolute atomic E-state index is 5.78. The van der Waals surface area contributed by atoms with Crippen LogP contribution in [0.5, 0.6) is 0 Å². The van der Waals surface area contributed by atoms with Crippen molar-refractivity contribution in [1.29, 1.82) is 0 Å². The SMILES string of the molecule is CCC=C[C@H]1CC[C@H](CCCCc2ccc(CCCCc3ccc(COCCCCC)cc3)cc2)CC1. The van der Waals surface area contributed by atoms with Crippen LogP contribution >= 0.6 is 0 Å². The molecule has 0 aliphatic heterocycles. The van der Waals surface area contributed by atoms with E-state index in [9.17, 15) is 0 Å². The third kappa shape index (κ3) is 12.5. The maximum atomic E-state index is 5.78. The highest BCUT2D eigenvalue weighted by Crippen LogP contribution is 2.32. The Balaban J connectivity index is 1.22. The van der Waals surface area contributed by atoms with Crippen molar-refractivity contribution in [2.75, 3.05) is 6.61 Å². The fourth-order valence-corrected chi connectivity index (χ4v) is 5.74. The lowest BCUT2D eigenvalue weighted by Gasteiger charge is -2.26. The number of benzene rings is 2. The average molecular weight is 503 g/mol. The summed E-state index contributed by atoms with van der Waals surface area (Å²) in [5.41, 5.74) is 5.76. The molecular weight excluding hydrogens is 448 g/mol. The van der Waals surface area contributed by atoms with Gasteiger partial charge in [-0.3, -0.25) is 0 Å². The van der Waals surface area contributed by atoms with E-state index in [0.717, 1.165) is 25.0 Å². The van der Waals surface area contributed by atoms with Crippen LogP contribution in [0.3, 0.4) is 0 Å². The van der Waals surface area contributed by atoms with Gasteiger partial charge < -0.3 is 4.74 Å². The first-order valence-electron chi connectivity index (χ1n) is 15.7. The van der Waals surface area contributed by atoms with Gasteiger partial charge in [0.15, 0.2) is 0 Å². The Hall–Kier alpha value is -1.86. The molecule has 2 aromatic rings. The van der Waals surface area contributed by atoms with E-state index in [-0.39, 0.29) is 0 Å². The number of unbranched alkanes of at least 4 members (excludes halogenated alkanes) is 4. The van der Waals surface area contributed by atoms with Crippen LogP contribution in [0.2, 0.25) is 0 Å². The summed E-state index contributed by atoms with van der Waals surface area (Å²) >= 11 is 0. The number of aryl methyl sites for hydroxylation is 3. The standard InChI is InChI=1S/C36H54O/c1-3-5-11-29-37-30-36-27-25-35(26-28-36)16-10-9-15-34-23-21-33(22-24-34)14-8-7-13-32-19-17-31(18-20-32)12-6-4-2/h6,12,21-28,31-32H,3-5,7-11,13-20,29-30H2,1-2H3/t31-,32-. The fraction of sp³-hybridized carbons (Fsp3) is 0.611. The zero-order valence-electron chi connectivity index (χ0n) is 24.1. The third-order valence-electron chi connectivity index (χ3n) is 8.25. The van der Waals surface area contributed by atoms with Gasteiger partial charge in [0.2, 0.25) is 0 Å². The molecule has 0 atom stereocenters. The van der Waals surface area contributed by atoms with E-state index in [0.29, 0.717) is 0 Å². The van der Waals surface area contributed by atoms with Gasteiger partial charge >= 0.3 is 0 Å². The Kier molecular flexibility index (Phi) is 14.8. The topological polar surface area (TPSA) is 9.23 Å². The van der Waals surface area contributed by atoms with Gasteiger partial charge in [-0.2, -0.15) is 0 Å². The van der Waals surface area contributed by atoms with Crippen LogP contribution in [0.15, 0.2) is 60.7 Å². The van der Waals surface area contributed by atoms with Gasteiger partial charge in [-0.15, -0.1) is 0 Å². The zero-order chi connectivity index (χ0) is 26.0. The number of allylic oxidation sites excluding steroid dienone is 2. The molecular formula is C36H54O. The Morgan fingerprint density at radius 1 is 0.649 bits per heavy atom. The molecule has 2 aromatic carbocycles. The van der Waals surface area contributed by atoms with Crippen molar-refractivity contribution < 1.29 is 4.74 Å². The van der Waals surface area contributed by atoms with Crippen LogP contribution in [0.4, 0.5) is 0 Å². The highest BCUT2D eigenvalue weighted by Gasteiger charge is 2.18. The molecule has 0 saturated heterocycles. The second-order valence-corrected chi connectivity index (χ2v) is 11.5. The molecule has 204 valence electrons. The van der Waals surface area contributed by atoms with Crippen LogP contribution in [0, 0.1) is 11.8 Å². The molecule has 0 unspecified atom stereocenters. The van der Waals surface area contributed by atoms with E-state index in [4.69, 9.17) is 4.74 Å². The first-order valence-corrected chi connectivity index (χ1v) is 15.7. The van der Waals surface area contributed by atoms with E-state index in [1.54, 1.807) is 0 Å². The quantitative estimate of drug-likeness (QED) is 0.145. The van der Waals surface area contributed by atoms with Crippen LogP contribution in [0.25, 0.3) is 0 Å². The molecule has 1 saturated carbocycles. The molecule has 0 bridgehead atoms. The minimum atomic E-state index is 0.748. The molecule has 0 amide bonds. The highest BCUT2D eigenvalue weighted by molar-refractivity contribution is 5.23. The van der Waals surface area contributed by atoms with Crippen molar-refractivity contribution in [1.82, 2.24) is 0 Å². The van der Waals surface area contributed by atoms with E-state index in [2.05, 4.69) is 74.5 Å². The number of hydrogen-bond acceptors (Lipinski definition) is 1. The van der Waals surface area contributed by atoms with Crippen molar-refractivity contribution >= 4 is 0 Å². The number of hydrogen-bond donors (Lipinski definition) is 0. The normalized spacial score (nSPS) is 18.0. The summed E-state index contributed by atoms with van der Waals surface area (Å²) in [5.74, 6) is 1.85. The second-order valence-electron chi connectivity index (χ2n) is 11.5. The van der Waals surface area contributed by atoms with Crippen LogP contribution in [-0.2, 0) is 30.6 Å². The molecule has 0 N–H and O–H groups in total. The first kappa shape index (κ1) is 29.7. The second kappa shape index (κ2) is 18.4. The number of ether oxygens (including phenoxy) is 1. The van der Waals surface area contributed by atoms with Gasteiger partial charge in [0.1, 0.15) is 0 Å². The summed E-state index contributed by atoms with van der Waals surface area (Å²) in [6.07, 6.45) is 25.8. The summed E-state index contributed by atoms with van der Waals surface area (Å²) in [6, 6.07) is 18.6. The summed E-state index contributed by atoms with van der Waals surface area (Å²) in [4.78, 5) is 0. The van der Waals surface area contributed by atoms with Crippen molar-refractivity contribution in [3.05, 3.63) is 82.9 Å². The number of rotatable bonds is 18. The lowest BCUT2D eigenvalue weighted by molar-refractivity contribution is 0.117. The van der Waals surface area contributed by atoms with Gasteiger partial charge in [0.05, 0.1) is 6.61 Å². The van der Waals surface area contributed by atoms with Crippen molar-refractivity contribution in [2.24, 2.45) is 11.8 Å². The molecule has 37 heavy (non-hydrogen) atoms. The molecule has 1 aliphatic rings.